The van der Waals surface area contributed by atoms with Crippen molar-refractivity contribution in [2.45, 2.75) is 37.8 Å². The van der Waals surface area contributed by atoms with Gasteiger partial charge in [-0.05, 0) is 31.5 Å². The van der Waals surface area contributed by atoms with E-state index >= 15 is 0 Å². The lowest BCUT2D eigenvalue weighted by Gasteiger charge is -2.15. The van der Waals surface area contributed by atoms with E-state index in [-0.39, 0.29) is 4.90 Å². The molecule has 0 spiro atoms. The first-order chi connectivity index (χ1) is 13.3. The molecule has 2 aromatic rings. The Balaban J connectivity index is 1.63. The largest absolute Gasteiger partial charge is 0.490 e. The number of aryl methyl sites for hydroxylation is 1. The van der Waals surface area contributed by atoms with Crippen LogP contribution >= 0.6 is 0 Å². The van der Waals surface area contributed by atoms with Gasteiger partial charge in [0.25, 0.3) is 0 Å². The molecule has 1 amide bonds. The number of amides is 1. The smallest absolute Gasteiger partial charge is 0.241 e. The Bertz CT molecular complexity index is 942. The van der Waals surface area contributed by atoms with Crippen molar-refractivity contribution in [1.29, 1.82) is 0 Å². The molecule has 0 saturated carbocycles. The van der Waals surface area contributed by atoms with Crippen LogP contribution in [0.4, 0.5) is 0 Å². The number of sulfonamides is 1. The monoisotopic (exact) mass is 404 g/mol. The Morgan fingerprint density at radius 1 is 1.07 bits per heavy atom. The molecule has 2 N–H and O–H groups in total. The summed E-state index contributed by atoms with van der Waals surface area (Å²) >= 11 is 0. The molecule has 0 fully saturated rings. The maximum atomic E-state index is 12.6. The van der Waals surface area contributed by atoms with Crippen molar-refractivity contribution in [2.75, 3.05) is 13.2 Å². The van der Waals surface area contributed by atoms with Crippen LogP contribution in [0.15, 0.2) is 47.4 Å². The molecule has 3 rings (SSSR count). The molecule has 0 aromatic heterocycles. The molecular weight excluding hydrogens is 380 g/mol. The van der Waals surface area contributed by atoms with Gasteiger partial charge in [0, 0.05) is 19.0 Å². The second kappa shape index (κ2) is 8.62. The van der Waals surface area contributed by atoms with Crippen LogP contribution in [0.1, 0.15) is 24.5 Å². The number of carbonyl (C=O) groups is 1. The van der Waals surface area contributed by atoms with Gasteiger partial charge in [-0.15, -0.1) is 0 Å². The van der Waals surface area contributed by atoms with Gasteiger partial charge in [0.1, 0.15) is 0 Å². The topological polar surface area (TPSA) is 93.7 Å². The maximum Gasteiger partial charge on any atom is 0.241 e. The highest BCUT2D eigenvalue weighted by Gasteiger charge is 2.24. The SMILES string of the molecule is Cc1ccc(CNC(=O)[C@@H](C)NS(=O)(=O)c2ccc3c(c2)OCCCO3)cc1. The van der Waals surface area contributed by atoms with Crippen molar-refractivity contribution in [3.8, 4) is 11.5 Å². The fourth-order valence-corrected chi connectivity index (χ4v) is 3.93. The summed E-state index contributed by atoms with van der Waals surface area (Å²) in [4.78, 5) is 12.3. The highest BCUT2D eigenvalue weighted by atomic mass is 32.2. The van der Waals surface area contributed by atoms with E-state index in [0.29, 0.717) is 31.3 Å². The van der Waals surface area contributed by atoms with Gasteiger partial charge < -0.3 is 14.8 Å². The number of hydrogen-bond acceptors (Lipinski definition) is 5. The molecule has 7 nitrogen and oxygen atoms in total. The molecule has 1 heterocycles. The molecule has 0 saturated heterocycles. The highest BCUT2D eigenvalue weighted by Crippen LogP contribution is 2.31. The Morgan fingerprint density at radius 3 is 2.46 bits per heavy atom. The predicted octanol–water partition coefficient (Wildman–Crippen LogP) is 2.14. The summed E-state index contributed by atoms with van der Waals surface area (Å²) in [6.45, 7) is 4.80. The zero-order valence-corrected chi connectivity index (χ0v) is 16.7. The average molecular weight is 404 g/mol. The fraction of sp³-hybridized carbons (Fsp3) is 0.350. The van der Waals surface area contributed by atoms with Crippen molar-refractivity contribution in [3.05, 3.63) is 53.6 Å². The van der Waals surface area contributed by atoms with Gasteiger partial charge >= 0.3 is 0 Å². The molecule has 2 aromatic carbocycles. The number of hydrogen-bond donors (Lipinski definition) is 2. The Kier molecular flexibility index (Phi) is 6.21. The fourth-order valence-electron chi connectivity index (χ4n) is 2.71. The maximum absolute atomic E-state index is 12.6. The molecule has 1 aliphatic rings. The van der Waals surface area contributed by atoms with Crippen molar-refractivity contribution in [3.63, 3.8) is 0 Å². The third-order valence-corrected chi connectivity index (χ3v) is 5.88. The summed E-state index contributed by atoms with van der Waals surface area (Å²) in [6.07, 6.45) is 0.729. The van der Waals surface area contributed by atoms with Crippen LogP contribution in [0, 0.1) is 6.92 Å². The third kappa shape index (κ3) is 5.02. The lowest BCUT2D eigenvalue weighted by atomic mass is 10.1. The van der Waals surface area contributed by atoms with E-state index in [0.717, 1.165) is 17.5 Å². The molecule has 1 aliphatic heterocycles. The summed E-state index contributed by atoms with van der Waals surface area (Å²) in [5.41, 5.74) is 2.07. The van der Waals surface area contributed by atoms with E-state index in [4.69, 9.17) is 9.47 Å². The van der Waals surface area contributed by atoms with Gasteiger partial charge in [0.15, 0.2) is 11.5 Å². The van der Waals surface area contributed by atoms with Crippen molar-refractivity contribution < 1.29 is 22.7 Å². The first-order valence-corrected chi connectivity index (χ1v) is 10.6. The zero-order chi connectivity index (χ0) is 20.1. The van der Waals surface area contributed by atoms with E-state index in [9.17, 15) is 13.2 Å². The summed E-state index contributed by atoms with van der Waals surface area (Å²) in [6, 6.07) is 11.2. The van der Waals surface area contributed by atoms with E-state index < -0.39 is 22.0 Å². The van der Waals surface area contributed by atoms with Crippen LogP contribution in [-0.2, 0) is 21.4 Å². The van der Waals surface area contributed by atoms with Gasteiger partial charge in [0.05, 0.1) is 24.2 Å². The lowest BCUT2D eigenvalue weighted by molar-refractivity contribution is -0.122. The zero-order valence-electron chi connectivity index (χ0n) is 15.9. The third-order valence-electron chi connectivity index (χ3n) is 4.34. The van der Waals surface area contributed by atoms with Gasteiger partial charge in [-0.2, -0.15) is 4.72 Å². The minimum atomic E-state index is -3.88. The van der Waals surface area contributed by atoms with E-state index in [1.807, 2.05) is 31.2 Å². The first-order valence-electron chi connectivity index (χ1n) is 9.10. The van der Waals surface area contributed by atoms with E-state index in [1.54, 1.807) is 6.07 Å². The number of benzene rings is 2. The molecular formula is C20H24N2O5S. The summed E-state index contributed by atoms with van der Waals surface area (Å²) in [5.74, 6) is 0.496. The molecule has 0 unspecified atom stereocenters. The Morgan fingerprint density at radius 2 is 1.75 bits per heavy atom. The quantitative estimate of drug-likeness (QED) is 0.769. The summed E-state index contributed by atoms with van der Waals surface area (Å²) in [5, 5.41) is 2.74. The summed E-state index contributed by atoms with van der Waals surface area (Å²) < 4.78 is 38.7. The van der Waals surface area contributed by atoms with E-state index in [2.05, 4.69) is 10.0 Å². The molecule has 150 valence electrons. The second-order valence-electron chi connectivity index (χ2n) is 6.71. The first kappa shape index (κ1) is 20.2. The normalized spacial score (nSPS) is 14.8. The molecule has 1 atom stereocenters. The Labute approximate surface area is 165 Å². The number of rotatable bonds is 6. The molecule has 8 heteroatoms. The van der Waals surface area contributed by atoms with Crippen LogP contribution in [-0.4, -0.2) is 33.6 Å². The van der Waals surface area contributed by atoms with Gasteiger partial charge in [-0.25, -0.2) is 8.42 Å². The standard InChI is InChI=1S/C20H24N2O5S/c1-14-4-6-16(7-5-14)13-21-20(23)15(2)22-28(24,25)17-8-9-18-19(12-17)27-11-3-10-26-18/h4-9,12,15,22H,3,10-11,13H2,1-2H3,(H,21,23)/t15-/m1/s1. The summed E-state index contributed by atoms with van der Waals surface area (Å²) in [7, 11) is -3.88. The van der Waals surface area contributed by atoms with Crippen LogP contribution in [0.3, 0.4) is 0 Å². The van der Waals surface area contributed by atoms with Crippen LogP contribution in [0.5, 0.6) is 11.5 Å². The number of carbonyl (C=O) groups excluding carboxylic acids is 1. The van der Waals surface area contributed by atoms with Crippen molar-refractivity contribution in [2.24, 2.45) is 0 Å². The molecule has 0 bridgehead atoms. The van der Waals surface area contributed by atoms with Gasteiger partial charge in [-0.3, -0.25) is 4.79 Å². The molecule has 28 heavy (non-hydrogen) atoms. The minimum Gasteiger partial charge on any atom is -0.490 e. The second-order valence-corrected chi connectivity index (χ2v) is 8.42. The number of ether oxygens (including phenoxy) is 2. The lowest BCUT2D eigenvalue weighted by Crippen LogP contribution is -2.44. The predicted molar refractivity (Wildman–Crippen MR) is 105 cm³/mol. The van der Waals surface area contributed by atoms with Gasteiger partial charge in [-0.1, -0.05) is 29.8 Å². The van der Waals surface area contributed by atoms with E-state index in [1.165, 1.54) is 19.1 Å². The van der Waals surface area contributed by atoms with Crippen molar-refractivity contribution in [1.82, 2.24) is 10.0 Å². The van der Waals surface area contributed by atoms with Crippen molar-refractivity contribution >= 4 is 15.9 Å². The Hall–Kier alpha value is -2.58. The average Bonchev–Trinajstić information content (AvgIpc) is 2.91. The van der Waals surface area contributed by atoms with Crippen LogP contribution in [0.2, 0.25) is 0 Å². The van der Waals surface area contributed by atoms with Crippen LogP contribution < -0.4 is 19.5 Å². The van der Waals surface area contributed by atoms with Gasteiger partial charge in [0.2, 0.25) is 15.9 Å². The number of nitrogens with one attached hydrogen (secondary N) is 2. The minimum absolute atomic E-state index is 0.0231. The number of fused-ring (bicyclic) bond motifs is 1. The molecule has 0 radical (unpaired) electrons. The highest BCUT2D eigenvalue weighted by molar-refractivity contribution is 7.89. The molecule has 0 aliphatic carbocycles. The van der Waals surface area contributed by atoms with Crippen LogP contribution in [0.25, 0.3) is 0 Å².